The van der Waals surface area contributed by atoms with E-state index in [1.54, 1.807) is 24.4 Å². The second-order valence-electron chi connectivity index (χ2n) is 6.07. The summed E-state index contributed by atoms with van der Waals surface area (Å²) in [6.07, 6.45) is 4.19. The molecule has 0 spiro atoms. The fourth-order valence-electron chi connectivity index (χ4n) is 3.04. The Labute approximate surface area is 151 Å². The van der Waals surface area contributed by atoms with E-state index in [0.29, 0.717) is 56.5 Å². The van der Waals surface area contributed by atoms with Crippen LogP contribution in [0.2, 0.25) is 0 Å². The third-order valence-electron chi connectivity index (χ3n) is 4.39. The number of benzene rings is 1. The van der Waals surface area contributed by atoms with Crippen LogP contribution in [0.1, 0.15) is 12.8 Å². The summed E-state index contributed by atoms with van der Waals surface area (Å²) in [5.41, 5.74) is 0. The van der Waals surface area contributed by atoms with Crippen LogP contribution >= 0.6 is 0 Å². The standard InChI is InChI=1S/C17H19N3O5S/c21-26(22,14-1-2-15-16(11-14)24-10-9-23-15)20-7-4-13(5-8-20)25-17-3-6-18-12-19-17/h1-3,6,11-13H,4-5,7-10H2. The lowest BCUT2D eigenvalue weighted by Crippen LogP contribution is -2.41. The summed E-state index contributed by atoms with van der Waals surface area (Å²) >= 11 is 0. The SMILES string of the molecule is O=S(=O)(c1ccc2c(c1)OCCO2)N1CCC(Oc2ccncn2)CC1. The number of ether oxygens (including phenoxy) is 3. The summed E-state index contributed by atoms with van der Waals surface area (Å²) in [7, 11) is -3.58. The van der Waals surface area contributed by atoms with Gasteiger partial charge >= 0.3 is 0 Å². The van der Waals surface area contributed by atoms with Crippen LogP contribution in [0.15, 0.2) is 41.7 Å². The number of hydrogen-bond acceptors (Lipinski definition) is 7. The van der Waals surface area contributed by atoms with Crippen LogP contribution in [0.5, 0.6) is 17.4 Å². The van der Waals surface area contributed by atoms with Crippen LogP contribution in [0.25, 0.3) is 0 Å². The molecule has 0 amide bonds. The van der Waals surface area contributed by atoms with E-state index in [2.05, 4.69) is 9.97 Å². The minimum atomic E-state index is -3.58. The fraction of sp³-hybridized carbons (Fsp3) is 0.412. The second-order valence-corrected chi connectivity index (χ2v) is 8.01. The van der Waals surface area contributed by atoms with Crippen molar-refractivity contribution in [2.75, 3.05) is 26.3 Å². The molecular formula is C17H19N3O5S. The van der Waals surface area contributed by atoms with Crippen molar-refractivity contribution in [2.24, 2.45) is 0 Å². The first-order chi connectivity index (χ1) is 12.6. The molecule has 0 aliphatic carbocycles. The van der Waals surface area contributed by atoms with Gasteiger partial charge in [0.25, 0.3) is 0 Å². The summed E-state index contributed by atoms with van der Waals surface area (Å²) in [5, 5.41) is 0. The average Bonchev–Trinajstić information content (AvgIpc) is 2.69. The molecule has 1 saturated heterocycles. The van der Waals surface area contributed by atoms with Crippen molar-refractivity contribution in [1.82, 2.24) is 14.3 Å². The monoisotopic (exact) mass is 377 g/mol. The topological polar surface area (TPSA) is 90.9 Å². The summed E-state index contributed by atoms with van der Waals surface area (Å²) in [4.78, 5) is 8.11. The van der Waals surface area contributed by atoms with Crippen molar-refractivity contribution < 1.29 is 22.6 Å². The van der Waals surface area contributed by atoms with Gasteiger partial charge in [0, 0.05) is 31.4 Å². The highest BCUT2D eigenvalue weighted by molar-refractivity contribution is 7.89. The first-order valence-electron chi connectivity index (χ1n) is 8.45. The maximum absolute atomic E-state index is 12.9. The van der Waals surface area contributed by atoms with E-state index in [1.165, 1.54) is 16.7 Å². The zero-order valence-corrected chi connectivity index (χ0v) is 14.9. The molecule has 9 heteroatoms. The van der Waals surface area contributed by atoms with Crippen molar-refractivity contribution in [1.29, 1.82) is 0 Å². The highest BCUT2D eigenvalue weighted by Gasteiger charge is 2.31. The molecule has 1 aromatic carbocycles. The Bertz CT molecular complexity index is 867. The highest BCUT2D eigenvalue weighted by atomic mass is 32.2. The van der Waals surface area contributed by atoms with Gasteiger partial charge in [0.05, 0.1) is 4.90 Å². The van der Waals surface area contributed by atoms with E-state index in [4.69, 9.17) is 14.2 Å². The molecule has 8 nitrogen and oxygen atoms in total. The normalized spacial score (nSPS) is 18.5. The summed E-state index contributed by atoms with van der Waals surface area (Å²) in [5.74, 6) is 1.56. The predicted molar refractivity (Wildman–Crippen MR) is 91.9 cm³/mol. The lowest BCUT2D eigenvalue weighted by atomic mass is 10.1. The predicted octanol–water partition coefficient (Wildman–Crippen LogP) is 1.48. The lowest BCUT2D eigenvalue weighted by Gasteiger charge is -2.31. The van der Waals surface area contributed by atoms with Gasteiger partial charge in [0.1, 0.15) is 25.6 Å². The molecule has 0 atom stereocenters. The smallest absolute Gasteiger partial charge is 0.243 e. The fourth-order valence-corrected chi connectivity index (χ4v) is 4.53. The third kappa shape index (κ3) is 3.45. The molecule has 0 unspecified atom stereocenters. The van der Waals surface area contributed by atoms with E-state index in [1.807, 2.05) is 0 Å². The van der Waals surface area contributed by atoms with Crippen LogP contribution in [0.4, 0.5) is 0 Å². The molecular weight excluding hydrogens is 358 g/mol. The van der Waals surface area contributed by atoms with Gasteiger partial charge in [0.2, 0.25) is 15.9 Å². The maximum Gasteiger partial charge on any atom is 0.243 e. The Morgan fingerprint density at radius 2 is 1.85 bits per heavy atom. The van der Waals surface area contributed by atoms with Crippen molar-refractivity contribution in [3.8, 4) is 17.4 Å². The van der Waals surface area contributed by atoms with E-state index < -0.39 is 10.0 Å². The largest absolute Gasteiger partial charge is 0.486 e. The van der Waals surface area contributed by atoms with Gasteiger partial charge in [-0.25, -0.2) is 18.4 Å². The summed E-state index contributed by atoms with van der Waals surface area (Å²) in [6, 6.07) is 6.43. The van der Waals surface area contributed by atoms with Crippen molar-refractivity contribution >= 4 is 10.0 Å². The van der Waals surface area contributed by atoms with Crippen molar-refractivity contribution in [2.45, 2.75) is 23.8 Å². The molecule has 3 heterocycles. The van der Waals surface area contributed by atoms with Gasteiger partial charge in [-0.15, -0.1) is 0 Å². The van der Waals surface area contributed by atoms with Crippen LogP contribution in [0.3, 0.4) is 0 Å². The van der Waals surface area contributed by atoms with E-state index >= 15 is 0 Å². The Hall–Kier alpha value is -2.39. The molecule has 1 aromatic heterocycles. The molecule has 2 aliphatic rings. The van der Waals surface area contributed by atoms with Crippen LogP contribution in [-0.4, -0.2) is 55.1 Å². The summed E-state index contributed by atoms with van der Waals surface area (Å²) < 4.78 is 44.0. The molecule has 1 fully saturated rings. The van der Waals surface area contributed by atoms with Crippen LogP contribution in [0, 0.1) is 0 Å². The first kappa shape index (κ1) is 17.0. The van der Waals surface area contributed by atoms with Gasteiger partial charge < -0.3 is 14.2 Å². The molecule has 0 bridgehead atoms. The van der Waals surface area contributed by atoms with E-state index in [-0.39, 0.29) is 11.0 Å². The molecule has 4 rings (SSSR count). The van der Waals surface area contributed by atoms with Gasteiger partial charge in [-0.05, 0) is 25.0 Å². The molecule has 2 aromatic rings. The Morgan fingerprint density at radius 3 is 2.58 bits per heavy atom. The van der Waals surface area contributed by atoms with Gasteiger partial charge in [-0.2, -0.15) is 4.31 Å². The Kier molecular flexibility index (Phi) is 4.64. The van der Waals surface area contributed by atoms with Crippen LogP contribution in [-0.2, 0) is 10.0 Å². The number of sulfonamides is 1. The van der Waals surface area contributed by atoms with Crippen molar-refractivity contribution in [3.63, 3.8) is 0 Å². The maximum atomic E-state index is 12.9. The lowest BCUT2D eigenvalue weighted by molar-refractivity contribution is 0.129. The first-order valence-corrected chi connectivity index (χ1v) is 9.89. The number of nitrogens with zero attached hydrogens (tertiary/aromatic N) is 3. The average molecular weight is 377 g/mol. The minimum absolute atomic E-state index is 0.0587. The number of hydrogen-bond donors (Lipinski definition) is 0. The zero-order valence-electron chi connectivity index (χ0n) is 14.1. The minimum Gasteiger partial charge on any atom is -0.486 e. The molecule has 138 valence electrons. The molecule has 0 radical (unpaired) electrons. The Morgan fingerprint density at radius 1 is 1.08 bits per heavy atom. The van der Waals surface area contributed by atoms with Gasteiger partial charge in [-0.1, -0.05) is 0 Å². The van der Waals surface area contributed by atoms with E-state index in [0.717, 1.165) is 0 Å². The Balaban J connectivity index is 1.43. The second kappa shape index (κ2) is 7.08. The number of rotatable bonds is 4. The zero-order chi connectivity index (χ0) is 18.0. The number of piperidine rings is 1. The molecule has 0 saturated carbocycles. The highest BCUT2D eigenvalue weighted by Crippen LogP contribution is 2.33. The van der Waals surface area contributed by atoms with E-state index in [9.17, 15) is 8.42 Å². The molecule has 2 aliphatic heterocycles. The van der Waals surface area contributed by atoms with Crippen molar-refractivity contribution in [3.05, 3.63) is 36.8 Å². The molecule has 26 heavy (non-hydrogen) atoms. The van der Waals surface area contributed by atoms with Crippen LogP contribution < -0.4 is 14.2 Å². The van der Waals surface area contributed by atoms with Gasteiger partial charge in [0.15, 0.2) is 11.5 Å². The summed E-state index contributed by atoms with van der Waals surface area (Å²) in [6.45, 7) is 1.68. The van der Waals surface area contributed by atoms with Gasteiger partial charge in [-0.3, -0.25) is 0 Å². The number of fused-ring (bicyclic) bond motifs is 1. The molecule has 0 N–H and O–H groups in total. The third-order valence-corrected chi connectivity index (χ3v) is 6.29. The number of aromatic nitrogens is 2. The quantitative estimate of drug-likeness (QED) is 0.797.